The molecule has 0 saturated heterocycles. The van der Waals surface area contributed by atoms with E-state index < -0.39 is 28.5 Å². The molecule has 0 bridgehead atoms. The lowest BCUT2D eigenvalue weighted by Crippen LogP contribution is -2.53. The summed E-state index contributed by atoms with van der Waals surface area (Å²) in [6.07, 6.45) is 0.271. The van der Waals surface area contributed by atoms with Crippen LogP contribution >= 0.6 is 0 Å². The van der Waals surface area contributed by atoms with Gasteiger partial charge in [0.25, 0.3) is 10.0 Å². The fraction of sp³-hybridized carbons (Fsp3) is 0.235. The van der Waals surface area contributed by atoms with Crippen LogP contribution in [0, 0.1) is 20.8 Å². The fourth-order valence-corrected chi connectivity index (χ4v) is 6.46. The highest BCUT2D eigenvalue weighted by molar-refractivity contribution is 7.92. The van der Waals surface area contributed by atoms with Crippen molar-refractivity contribution in [3.63, 3.8) is 0 Å². The minimum absolute atomic E-state index is 0.0797. The number of nitrogens with one attached hydrogen (secondary N) is 1. The lowest BCUT2D eigenvalue weighted by Gasteiger charge is -2.34. The van der Waals surface area contributed by atoms with Crippen LogP contribution in [0.5, 0.6) is 0 Å². The van der Waals surface area contributed by atoms with E-state index in [4.69, 9.17) is 0 Å². The van der Waals surface area contributed by atoms with E-state index in [0.717, 1.165) is 27.8 Å². The minimum atomic E-state index is -4.13. The number of carbonyl (C=O) groups is 2. The van der Waals surface area contributed by atoms with E-state index in [1.165, 1.54) is 28.4 Å². The average Bonchev–Trinajstić information content (AvgIpc) is 2.99. The molecule has 0 saturated carbocycles. The molecule has 0 radical (unpaired) electrons. The smallest absolute Gasteiger partial charge is 0.264 e. The molecule has 0 spiro atoms. The first-order chi connectivity index (χ1) is 20.1. The molecule has 0 aliphatic carbocycles. The number of hydrogen-bond donors (Lipinski definition) is 1. The van der Waals surface area contributed by atoms with Crippen molar-refractivity contribution in [3.05, 3.63) is 131 Å². The predicted octanol–water partition coefficient (Wildman–Crippen LogP) is 5.19. The molecule has 7 nitrogen and oxygen atoms in total. The molecular formula is C34H37N3O4S. The van der Waals surface area contributed by atoms with Gasteiger partial charge in [0, 0.05) is 20.0 Å². The molecular weight excluding hydrogens is 546 g/mol. The standard InChI is InChI=1S/C34H37N3O4S/c1-25-13-11-17-29(21-25)23-36(32(34(39)35-4)22-28-15-7-5-8-16-28)33(38)24-37(31-20-12-14-26(2)27(31)3)42(40,41)30-18-9-6-10-19-30/h5-21,32H,22-24H2,1-4H3,(H,35,39). The zero-order valence-corrected chi connectivity index (χ0v) is 25.3. The molecule has 0 aliphatic rings. The van der Waals surface area contributed by atoms with E-state index in [9.17, 15) is 18.0 Å². The lowest BCUT2D eigenvalue weighted by molar-refractivity contribution is -0.139. The Labute approximate surface area is 248 Å². The van der Waals surface area contributed by atoms with Crippen molar-refractivity contribution < 1.29 is 18.0 Å². The third kappa shape index (κ3) is 7.06. The highest BCUT2D eigenvalue weighted by Gasteiger charge is 2.34. The van der Waals surface area contributed by atoms with Crippen molar-refractivity contribution in [1.82, 2.24) is 10.2 Å². The van der Waals surface area contributed by atoms with Crippen molar-refractivity contribution >= 4 is 27.5 Å². The summed E-state index contributed by atoms with van der Waals surface area (Å²) in [6, 6.07) is 29.8. The molecule has 2 amide bonds. The Morgan fingerprint density at radius 1 is 0.786 bits per heavy atom. The van der Waals surface area contributed by atoms with Crippen LogP contribution in [0.15, 0.2) is 108 Å². The first-order valence-electron chi connectivity index (χ1n) is 13.9. The van der Waals surface area contributed by atoms with Gasteiger partial charge in [0.1, 0.15) is 12.6 Å². The highest BCUT2D eigenvalue weighted by atomic mass is 32.2. The van der Waals surface area contributed by atoms with Gasteiger partial charge in [-0.2, -0.15) is 0 Å². The van der Waals surface area contributed by atoms with Gasteiger partial charge < -0.3 is 10.2 Å². The van der Waals surface area contributed by atoms with Gasteiger partial charge in [-0.1, -0.05) is 90.5 Å². The summed E-state index contributed by atoms with van der Waals surface area (Å²) >= 11 is 0. The summed E-state index contributed by atoms with van der Waals surface area (Å²) < 4.78 is 29.3. The van der Waals surface area contributed by atoms with E-state index in [2.05, 4.69) is 5.32 Å². The number of anilines is 1. The molecule has 1 unspecified atom stereocenters. The minimum Gasteiger partial charge on any atom is -0.357 e. The topological polar surface area (TPSA) is 86.8 Å². The number of likely N-dealkylation sites (N-methyl/N-ethyl adjacent to an activating group) is 1. The van der Waals surface area contributed by atoms with Gasteiger partial charge in [-0.25, -0.2) is 8.42 Å². The number of sulfonamides is 1. The van der Waals surface area contributed by atoms with Crippen molar-refractivity contribution in [1.29, 1.82) is 0 Å². The lowest BCUT2D eigenvalue weighted by atomic mass is 10.0. The number of aryl methyl sites for hydroxylation is 2. The number of rotatable bonds is 11. The molecule has 42 heavy (non-hydrogen) atoms. The average molecular weight is 584 g/mol. The summed E-state index contributed by atoms with van der Waals surface area (Å²) in [4.78, 5) is 29.3. The van der Waals surface area contributed by atoms with Gasteiger partial charge in [-0.3, -0.25) is 13.9 Å². The van der Waals surface area contributed by atoms with Crippen LogP contribution in [0.3, 0.4) is 0 Å². The molecule has 4 rings (SSSR count). The first kappa shape index (κ1) is 30.5. The van der Waals surface area contributed by atoms with Crippen molar-refractivity contribution in [3.8, 4) is 0 Å². The molecule has 1 atom stereocenters. The maximum absolute atomic E-state index is 14.4. The predicted molar refractivity (Wildman–Crippen MR) is 167 cm³/mol. The molecule has 4 aromatic rings. The third-order valence-electron chi connectivity index (χ3n) is 7.41. The van der Waals surface area contributed by atoms with Crippen LogP contribution in [0.4, 0.5) is 5.69 Å². The highest BCUT2D eigenvalue weighted by Crippen LogP contribution is 2.29. The Hall–Kier alpha value is -4.43. The molecule has 4 aromatic carbocycles. The molecule has 0 aliphatic heterocycles. The number of nitrogens with zero attached hydrogens (tertiary/aromatic N) is 2. The fourth-order valence-electron chi connectivity index (χ4n) is 4.97. The Bertz CT molecular complexity index is 1640. The van der Waals surface area contributed by atoms with E-state index in [0.29, 0.717) is 5.69 Å². The van der Waals surface area contributed by atoms with Crippen molar-refractivity contribution in [2.45, 2.75) is 44.7 Å². The van der Waals surface area contributed by atoms with E-state index >= 15 is 0 Å². The van der Waals surface area contributed by atoms with Crippen LogP contribution < -0.4 is 9.62 Å². The SMILES string of the molecule is CNC(=O)C(Cc1ccccc1)N(Cc1cccc(C)c1)C(=O)CN(c1cccc(C)c1C)S(=O)(=O)c1ccccc1. The number of hydrogen-bond acceptors (Lipinski definition) is 4. The molecule has 0 fully saturated rings. The van der Waals surface area contributed by atoms with Crippen LogP contribution in [0.25, 0.3) is 0 Å². The van der Waals surface area contributed by atoms with E-state index in [-0.39, 0.29) is 23.8 Å². The van der Waals surface area contributed by atoms with Crippen molar-refractivity contribution in [2.24, 2.45) is 0 Å². The maximum Gasteiger partial charge on any atom is 0.264 e. The monoisotopic (exact) mass is 583 g/mol. The van der Waals surface area contributed by atoms with Crippen LogP contribution in [0.1, 0.15) is 27.8 Å². The molecule has 0 heterocycles. The van der Waals surface area contributed by atoms with Crippen LogP contribution in [-0.2, 0) is 32.6 Å². The molecule has 0 aromatic heterocycles. The third-order valence-corrected chi connectivity index (χ3v) is 9.18. The van der Waals surface area contributed by atoms with Gasteiger partial charge in [-0.05, 0) is 61.2 Å². The Kier molecular flexibility index (Phi) is 9.80. The Balaban J connectivity index is 1.81. The molecule has 1 N–H and O–H groups in total. The second-order valence-electron chi connectivity index (χ2n) is 10.4. The molecule has 8 heteroatoms. The van der Waals surface area contributed by atoms with Crippen LogP contribution in [-0.4, -0.2) is 44.8 Å². The van der Waals surface area contributed by atoms with E-state index in [1.54, 1.807) is 30.3 Å². The summed E-state index contributed by atoms with van der Waals surface area (Å²) in [5.74, 6) is -0.814. The van der Waals surface area contributed by atoms with Gasteiger partial charge in [0.15, 0.2) is 0 Å². The quantitative estimate of drug-likeness (QED) is 0.263. The van der Waals surface area contributed by atoms with Crippen molar-refractivity contribution in [2.75, 3.05) is 17.9 Å². The van der Waals surface area contributed by atoms with Gasteiger partial charge in [0.05, 0.1) is 10.6 Å². The first-order valence-corrected chi connectivity index (χ1v) is 15.3. The van der Waals surface area contributed by atoms with E-state index in [1.807, 2.05) is 81.4 Å². The largest absolute Gasteiger partial charge is 0.357 e. The normalized spacial score (nSPS) is 11.9. The number of benzene rings is 4. The molecule has 218 valence electrons. The maximum atomic E-state index is 14.4. The summed E-state index contributed by atoms with van der Waals surface area (Å²) in [5.41, 5.74) is 4.82. The zero-order valence-electron chi connectivity index (χ0n) is 24.4. The zero-order chi connectivity index (χ0) is 30.3. The second-order valence-corrected chi connectivity index (χ2v) is 12.2. The Morgan fingerprint density at radius 2 is 1.40 bits per heavy atom. The van der Waals surface area contributed by atoms with Gasteiger partial charge in [-0.15, -0.1) is 0 Å². The summed E-state index contributed by atoms with van der Waals surface area (Å²) in [5, 5.41) is 2.71. The Morgan fingerprint density at radius 3 is 2.05 bits per heavy atom. The summed E-state index contributed by atoms with van der Waals surface area (Å²) in [6.45, 7) is 5.37. The number of carbonyl (C=O) groups excluding carboxylic acids is 2. The number of amides is 2. The van der Waals surface area contributed by atoms with Gasteiger partial charge >= 0.3 is 0 Å². The van der Waals surface area contributed by atoms with Gasteiger partial charge in [0.2, 0.25) is 11.8 Å². The second kappa shape index (κ2) is 13.5. The van der Waals surface area contributed by atoms with Crippen LogP contribution in [0.2, 0.25) is 0 Å². The summed E-state index contributed by atoms with van der Waals surface area (Å²) in [7, 11) is -2.59.